The summed E-state index contributed by atoms with van der Waals surface area (Å²) in [6.45, 7) is 7.41. The van der Waals surface area contributed by atoms with Gasteiger partial charge >= 0.3 is 6.09 Å². The maximum atomic E-state index is 11.9. The molecule has 0 aromatic heterocycles. The predicted octanol–water partition coefficient (Wildman–Crippen LogP) is 1.89. The summed E-state index contributed by atoms with van der Waals surface area (Å²) >= 11 is 0. The summed E-state index contributed by atoms with van der Waals surface area (Å²) in [4.78, 5) is 18.6. The van der Waals surface area contributed by atoms with Crippen molar-refractivity contribution in [3.8, 4) is 0 Å². The second kappa shape index (κ2) is 11.1. The molecule has 1 saturated heterocycles. The van der Waals surface area contributed by atoms with Crippen LogP contribution in [0.25, 0.3) is 0 Å². The lowest BCUT2D eigenvalue weighted by Gasteiger charge is -2.23. The maximum Gasteiger partial charge on any atom is 0.407 e. The summed E-state index contributed by atoms with van der Waals surface area (Å²) in [6, 6.07) is 6.67. The minimum Gasteiger partial charge on any atom is -0.444 e. The van der Waals surface area contributed by atoms with E-state index in [9.17, 15) is 13.2 Å². The molecule has 1 heterocycles. The SMILES string of the molecule is CN=C(NCc1ccc(S(=O)(=O)NC)cc1)N1CCC(NC(=O)OC(C)(C)C)C1.I. The summed E-state index contributed by atoms with van der Waals surface area (Å²) in [5.41, 5.74) is 0.408. The van der Waals surface area contributed by atoms with Crippen molar-refractivity contribution in [2.45, 2.75) is 50.3 Å². The Hall–Kier alpha value is -1.60. The molecule has 0 saturated carbocycles. The number of rotatable bonds is 5. The molecule has 1 aliphatic rings. The summed E-state index contributed by atoms with van der Waals surface area (Å²) in [5, 5.41) is 6.17. The van der Waals surface area contributed by atoms with Gasteiger partial charge in [-0.25, -0.2) is 17.9 Å². The van der Waals surface area contributed by atoms with E-state index < -0.39 is 21.7 Å². The number of ether oxygens (including phenoxy) is 1. The molecule has 1 fully saturated rings. The van der Waals surface area contributed by atoms with Gasteiger partial charge in [-0.15, -0.1) is 24.0 Å². The fourth-order valence-electron chi connectivity index (χ4n) is 2.96. The molecule has 30 heavy (non-hydrogen) atoms. The third-order valence-corrected chi connectivity index (χ3v) is 5.80. The standard InChI is InChI=1S/C19H31N5O4S.HI/c1-19(2,3)28-18(25)23-15-10-11-24(13-15)17(20-4)22-12-14-6-8-16(9-7-14)29(26,27)21-5;/h6-9,15,21H,10-13H2,1-5H3,(H,20,22)(H,23,25);1H. The van der Waals surface area contributed by atoms with E-state index in [-0.39, 0.29) is 34.9 Å². The lowest BCUT2D eigenvalue weighted by Crippen LogP contribution is -2.44. The van der Waals surface area contributed by atoms with Crippen molar-refractivity contribution in [1.82, 2.24) is 20.3 Å². The van der Waals surface area contributed by atoms with Gasteiger partial charge in [-0.2, -0.15) is 0 Å². The van der Waals surface area contributed by atoms with Gasteiger partial charge in [0.05, 0.1) is 10.9 Å². The van der Waals surface area contributed by atoms with E-state index in [2.05, 4.69) is 25.2 Å². The first-order valence-electron chi connectivity index (χ1n) is 9.51. The van der Waals surface area contributed by atoms with E-state index in [0.717, 1.165) is 24.5 Å². The van der Waals surface area contributed by atoms with Crippen LogP contribution in [0.2, 0.25) is 0 Å². The Balaban J connectivity index is 0.00000450. The number of hydrogen-bond acceptors (Lipinski definition) is 5. The van der Waals surface area contributed by atoms with Crippen LogP contribution >= 0.6 is 24.0 Å². The lowest BCUT2D eigenvalue weighted by molar-refractivity contribution is 0.0507. The molecule has 1 aliphatic heterocycles. The molecule has 0 radical (unpaired) electrons. The van der Waals surface area contributed by atoms with Gasteiger partial charge in [0.1, 0.15) is 5.60 Å². The monoisotopic (exact) mass is 553 g/mol. The first-order valence-corrected chi connectivity index (χ1v) is 11.0. The number of likely N-dealkylation sites (tertiary alicyclic amines) is 1. The van der Waals surface area contributed by atoms with Gasteiger partial charge in [0.15, 0.2) is 5.96 Å². The van der Waals surface area contributed by atoms with Crippen LogP contribution in [-0.4, -0.2) is 64.2 Å². The second-order valence-corrected chi connectivity index (χ2v) is 9.72. The Bertz CT molecular complexity index is 837. The van der Waals surface area contributed by atoms with Crippen molar-refractivity contribution in [3.05, 3.63) is 29.8 Å². The van der Waals surface area contributed by atoms with Crippen molar-refractivity contribution < 1.29 is 17.9 Å². The number of sulfonamides is 1. The summed E-state index contributed by atoms with van der Waals surface area (Å²) < 4.78 is 31.2. The van der Waals surface area contributed by atoms with Crippen LogP contribution < -0.4 is 15.4 Å². The molecule has 1 atom stereocenters. The number of aliphatic imine (C=N–C) groups is 1. The molecule has 2 rings (SSSR count). The van der Waals surface area contributed by atoms with E-state index >= 15 is 0 Å². The smallest absolute Gasteiger partial charge is 0.407 e. The third kappa shape index (κ3) is 7.91. The Kier molecular flexibility index (Phi) is 9.82. The molecule has 1 aromatic carbocycles. The van der Waals surface area contributed by atoms with Crippen molar-refractivity contribution in [1.29, 1.82) is 0 Å². The predicted molar refractivity (Wildman–Crippen MR) is 128 cm³/mol. The first-order chi connectivity index (χ1) is 13.5. The molecule has 0 spiro atoms. The number of carbonyl (C=O) groups excluding carboxylic acids is 1. The van der Waals surface area contributed by atoms with Crippen LogP contribution in [0.4, 0.5) is 4.79 Å². The Morgan fingerprint density at radius 2 is 1.90 bits per heavy atom. The van der Waals surface area contributed by atoms with Gasteiger partial charge in [0, 0.05) is 26.7 Å². The largest absolute Gasteiger partial charge is 0.444 e. The Morgan fingerprint density at radius 1 is 1.27 bits per heavy atom. The molecule has 9 nitrogen and oxygen atoms in total. The highest BCUT2D eigenvalue weighted by Crippen LogP contribution is 2.13. The molecular formula is C19H32IN5O4S. The zero-order valence-corrected chi connectivity index (χ0v) is 21.2. The highest BCUT2D eigenvalue weighted by atomic mass is 127. The van der Waals surface area contributed by atoms with E-state index in [1.807, 2.05) is 20.8 Å². The molecule has 1 unspecified atom stereocenters. The minimum absolute atomic E-state index is 0. The van der Waals surface area contributed by atoms with Crippen LogP contribution in [0, 0.1) is 0 Å². The average Bonchev–Trinajstić information content (AvgIpc) is 3.09. The highest BCUT2D eigenvalue weighted by Gasteiger charge is 2.27. The van der Waals surface area contributed by atoms with Gasteiger partial charge < -0.3 is 20.3 Å². The van der Waals surface area contributed by atoms with Gasteiger partial charge in [-0.3, -0.25) is 4.99 Å². The number of guanidine groups is 1. The molecule has 1 amide bonds. The number of amides is 1. The van der Waals surface area contributed by atoms with Gasteiger partial charge in [-0.1, -0.05) is 12.1 Å². The molecular weight excluding hydrogens is 521 g/mol. The quantitative estimate of drug-likeness (QED) is 0.292. The van der Waals surface area contributed by atoms with E-state index in [1.54, 1.807) is 31.3 Å². The Morgan fingerprint density at radius 3 is 2.43 bits per heavy atom. The molecule has 3 N–H and O–H groups in total. The van der Waals surface area contributed by atoms with E-state index in [0.29, 0.717) is 13.1 Å². The van der Waals surface area contributed by atoms with E-state index in [1.165, 1.54) is 7.05 Å². The summed E-state index contributed by atoms with van der Waals surface area (Å²) in [7, 11) is -0.346. The molecule has 1 aromatic rings. The van der Waals surface area contributed by atoms with Crippen molar-refractivity contribution in [3.63, 3.8) is 0 Å². The van der Waals surface area contributed by atoms with Crippen LogP contribution in [0.15, 0.2) is 34.2 Å². The number of benzene rings is 1. The maximum absolute atomic E-state index is 11.9. The number of nitrogens with one attached hydrogen (secondary N) is 3. The highest BCUT2D eigenvalue weighted by molar-refractivity contribution is 14.0. The van der Waals surface area contributed by atoms with Crippen LogP contribution in [0.3, 0.4) is 0 Å². The number of alkyl carbamates (subject to hydrolysis) is 1. The average molecular weight is 553 g/mol. The van der Waals surface area contributed by atoms with Crippen LogP contribution in [0.1, 0.15) is 32.8 Å². The second-order valence-electron chi connectivity index (χ2n) is 7.83. The van der Waals surface area contributed by atoms with Crippen molar-refractivity contribution >= 4 is 46.1 Å². The summed E-state index contributed by atoms with van der Waals surface area (Å²) in [5.74, 6) is 0.727. The van der Waals surface area contributed by atoms with Gasteiger partial charge in [0.2, 0.25) is 10.0 Å². The molecule has 170 valence electrons. The first kappa shape index (κ1) is 26.4. The van der Waals surface area contributed by atoms with Gasteiger partial charge in [-0.05, 0) is 51.9 Å². The fraction of sp³-hybridized carbons (Fsp3) is 0.579. The number of hydrogen-bond donors (Lipinski definition) is 3. The van der Waals surface area contributed by atoms with Crippen molar-refractivity contribution in [2.24, 2.45) is 4.99 Å². The van der Waals surface area contributed by atoms with Crippen molar-refractivity contribution in [2.75, 3.05) is 27.2 Å². The topological polar surface area (TPSA) is 112 Å². The zero-order valence-electron chi connectivity index (χ0n) is 18.1. The zero-order chi connectivity index (χ0) is 21.7. The van der Waals surface area contributed by atoms with E-state index in [4.69, 9.17) is 4.74 Å². The number of nitrogens with zero attached hydrogens (tertiary/aromatic N) is 2. The lowest BCUT2D eigenvalue weighted by atomic mass is 10.2. The molecule has 0 bridgehead atoms. The fourth-order valence-corrected chi connectivity index (χ4v) is 3.69. The third-order valence-electron chi connectivity index (χ3n) is 4.37. The number of carbonyl (C=O) groups is 1. The Labute approximate surface area is 196 Å². The summed E-state index contributed by atoms with van der Waals surface area (Å²) in [6.07, 6.45) is 0.389. The van der Waals surface area contributed by atoms with Gasteiger partial charge in [0.25, 0.3) is 0 Å². The normalized spacial score (nSPS) is 17.3. The van der Waals surface area contributed by atoms with Crippen LogP contribution in [0.5, 0.6) is 0 Å². The van der Waals surface area contributed by atoms with Crippen LogP contribution in [-0.2, 0) is 21.3 Å². The molecule has 0 aliphatic carbocycles. The molecule has 11 heteroatoms. The minimum atomic E-state index is -3.44. The number of halogens is 1.